The fourth-order valence-electron chi connectivity index (χ4n) is 10.2. The maximum Gasteiger partial charge on any atom is 0.472 e. The first-order chi connectivity index (χ1) is 41.8. The van der Waals surface area contributed by atoms with Gasteiger partial charge in [-0.1, -0.05) is 286 Å². The molecule has 0 saturated carbocycles. The lowest BCUT2D eigenvalue weighted by atomic mass is 10.00. The maximum absolute atomic E-state index is 13.0. The zero-order valence-corrected chi connectivity index (χ0v) is 58.3. The Balaban J connectivity index is 5.25. The number of ether oxygens (including phenoxy) is 4. The summed E-state index contributed by atoms with van der Waals surface area (Å²) in [4.78, 5) is 72.4. The molecule has 0 rings (SSSR count). The van der Waals surface area contributed by atoms with Gasteiger partial charge in [0, 0.05) is 25.7 Å². The van der Waals surface area contributed by atoms with Crippen LogP contribution in [0.3, 0.4) is 0 Å². The number of phosphoric acid groups is 2. The van der Waals surface area contributed by atoms with Gasteiger partial charge in [0.05, 0.1) is 26.4 Å². The van der Waals surface area contributed by atoms with Gasteiger partial charge in [0.2, 0.25) is 0 Å². The van der Waals surface area contributed by atoms with E-state index in [0.717, 1.165) is 108 Å². The molecule has 3 N–H and O–H groups in total. The lowest BCUT2D eigenvalue weighted by Gasteiger charge is -2.21. The van der Waals surface area contributed by atoms with Gasteiger partial charge >= 0.3 is 39.5 Å². The number of esters is 4. The van der Waals surface area contributed by atoms with Crippen LogP contribution in [0.4, 0.5) is 0 Å². The van der Waals surface area contributed by atoms with E-state index in [1.165, 1.54) is 148 Å². The zero-order valence-electron chi connectivity index (χ0n) is 56.5. The predicted octanol–water partition coefficient (Wildman–Crippen LogP) is 19.1. The molecule has 87 heavy (non-hydrogen) atoms. The Morgan fingerprint density at radius 2 is 0.586 bits per heavy atom. The Morgan fingerprint density at radius 3 is 0.874 bits per heavy atom. The van der Waals surface area contributed by atoms with Gasteiger partial charge in [-0.25, -0.2) is 9.13 Å². The number of rotatable bonds is 66. The third-order valence-corrected chi connectivity index (χ3v) is 17.9. The van der Waals surface area contributed by atoms with Crippen LogP contribution in [0.15, 0.2) is 0 Å². The number of phosphoric ester groups is 2. The van der Waals surface area contributed by atoms with Gasteiger partial charge in [0.25, 0.3) is 0 Å². The molecule has 17 nitrogen and oxygen atoms in total. The molecule has 0 bridgehead atoms. The van der Waals surface area contributed by atoms with E-state index in [2.05, 4.69) is 48.5 Å². The summed E-state index contributed by atoms with van der Waals surface area (Å²) in [5.74, 6) is 0.113. The molecule has 6 atom stereocenters. The fraction of sp³-hybridized carbons (Fsp3) is 0.941. The van der Waals surface area contributed by atoms with Crippen molar-refractivity contribution in [1.29, 1.82) is 0 Å². The van der Waals surface area contributed by atoms with E-state index in [9.17, 15) is 43.2 Å². The number of carbonyl (C=O) groups excluding carboxylic acids is 4. The number of unbranched alkanes of at least 4 members (excludes halogenated alkanes) is 33. The summed E-state index contributed by atoms with van der Waals surface area (Å²) in [6.45, 7) is 11.8. The average Bonchev–Trinajstić information content (AvgIpc) is 3.67. The largest absolute Gasteiger partial charge is 0.472 e. The topological polar surface area (TPSA) is 237 Å². The van der Waals surface area contributed by atoms with E-state index in [1.54, 1.807) is 0 Å². The minimum absolute atomic E-state index is 0.103. The number of aliphatic hydroxyl groups excluding tert-OH is 1. The van der Waals surface area contributed by atoms with E-state index in [-0.39, 0.29) is 25.7 Å². The summed E-state index contributed by atoms with van der Waals surface area (Å²) in [5.41, 5.74) is 0. The van der Waals surface area contributed by atoms with E-state index in [0.29, 0.717) is 25.7 Å². The minimum Gasteiger partial charge on any atom is -0.462 e. The molecule has 0 radical (unpaired) electrons. The van der Waals surface area contributed by atoms with Gasteiger partial charge in [-0.05, 0) is 43.4 Å². The van der Waals surface area contributed by atoms with Crippen molar-refractivity contribution in [3.63, 3.8) is 0 Å². The second-order valence-corrected chi connectivity index (χ2v) is 28.7. The van der Waals surface area contributed by atoms with Crippen molar-refractivity contribution in [3.8, 4) is 0 Å². The zero-order chi connectivity index (χ0) is 64.5. The summed E-state index contributed by atoms with van der Waals surface area (Å²) in [6.07, 6.45) is 41.6. The lowest BCUT2D eigenvalue weighted by Crippen LogP contribution is -2.30. The smallest absolute Gasteiger partial charge is 0.462 e. The van der Waals surface area contributed by atoms with Crippen LogP contribution in [0.5, 0.6) is 0 Å². The van der Waals surface area contributed by atoms with Crippen molar-refractivity contribution in [2.45, 2.75) is 356 Å². The van der Waals surface area contributed by atoms with Crippen LogP contribution in [-0.4, -0.2) is 96.7 Å². The van der Waals surface area contributed by atoms with Gasteiger partial charge in [-0.15, -0.1) is 0 Å². The number of hydrogen-bond donors (Lipinski definition) is 3. The van der Waals surface area contributed by atoms with Crippen molar-refractivity contribution in [3.05, 3.63) is 0 Å². The molecule has 0 fully saturated rings. The Bertz CT molecular complexity index is 1720. The van der Waals surface area contributed by atoms with E-state index in [4.69, 9.17) is 37.0 Å². The monoisotopic (exact) mass is 1280 g/mol. The molecule has 3 unspecified atom stereocenters. The number of hydrogen-bond acceptors (Lipinski definition) is 15. The Kier molecular flexibility index (Phi) is 57.8. The highest BCUT2D eigenvalue weighted by molar-refractivity contribution is 7.47. The summed E-state index contributed by atoms with van der Waals surface area (Å²) in [5, 5.41) is 10.6. The first-order valence-corrected chi connectivity index (χ1v) is 38.4. The van der Waals surface area contributed by atoms with E-state index < -0.39 is 97.5 Å². The summed E-state index contributed by atoms with van der Waals surface area (Å²) in [6, 6.07) is 0. The number of carbonyl (C=O) groups is 4. The van der Waals surface area contributed by atoms with Crippen molar-refractivity contribution >= 4 is 39.5 Å². The maximum atomic E-state index is 13.0. The van der Waals surface area contributed by atoms with Crippen molar-refractivity contribution in [2.24, 2.45) is 17.8 Å². The SMILES string of the molecule is CCCCCCCCCCCCC(=O)OC[C@H](COP(=O)(O)OC[C@H](O)COP(=O)(O)OC[C@@H](COC(=O)CCCCCCCCCCCCC(C)C)OC(=O)CCCCCCCCCCCCCC(C)C)OC(=O)CCCCCCCCC(C)CC. The van der Waals surface area contributed by atoms with Gasteiger partial charge in [0.1, 0.15) is 19.3 Å². The van der Waals surface area contributed by atoms with Crippen molar-refractivity contribution in [1.82, 2.24) is 0 Å². The third kappa shape index (κ3) is 61.3. The van der Waals surface area contributed by atoms with Crippen molar-refractivity contribution in [2.75, 3.05) is 39.6 Å². The van der Waals surface area contributed by atoms with E-state index in [1.807, 2.05) is 0 Å². The van der Waals surface area contributed by atoms with Crippen LogP contribution in [0.1, 0.15) is 337 Å². The molecule has 0 heterocycles. The molecule has 0 amide bonds. The van der Waals surface area contributed by atoms with E-state index >= 15 is 0 Å². The van der Waals surface area contributed by atoms with Gasteiger partial charge < -0.3 is 33.8 Å². The molecule has 0 aromatic carbocycles. The Hall–Kier alpha value is -1.94. The predicted molar refractivity (Wildman–Crippen MR) is 349 cm³/mol. The lowest BCUT2D eigenvalue weighted by molar-refractivity contribution is -0.161. The van der Waals surface area contributed by atoms with Crippen LogP contribution in [-0.2, 0) is 65.4 Å². The van der Waals surface area contributed by atoms with Crippen LogP contribution in [0.25, 0.3) is 0 Å². The second kappa shape index (κ2) is 59.1. The molecule has 516 valence electrons. The third-order valence-electron chi connectivity index (χ3n) is 16.0. The average molecular weight is 1280 g/mol. The molecule has 0 aromatic heterocycles. The molecule has 0 spiro atoms. The highest BCUT2D eigenvalue weighted by Crippen LogP contribution is 2.45. The summed E-state index contributed by atoms with van der Waals surface area (Å²) in [7, 11) is -9.90. The van der Waals surface area contributed by atoms with Gasteiger partial charge in [-0.2, -0.15) is 0 Å². The van der Waals surface area contributed by atoms with Crippen LogP contribution >= 0.6 is 15.6 Å². The highest BCUT2D eigenvalue weighted by atomic mass is 31.2. The Morgan fingerprint density at radius 1 is 0.333 bits per heavy atom. The highest BCUT2D eigenvalue weighted by Gasteiger charge is 2.30. The van der Waals surface area contributed by atoms with Crippen LogP contribution in [0, 0.1) is 17.8 Å². The molecule has 0 aliphatic carbocycles. The summed E-state index contributed by atoms with van der Waals surface area (Å²) >= 11 is 0. The number of aliphatic hydroxyl groups is 1. The molecule has 0 aliphatic rings. The molecule has 0 aromatic rings. The Labute approximate surface area is 530 Å². The standard InChI is InChI=1S/C68H132O17P2/c1-8-10-11-12-13-14-22-27-35-42-49-65(70)79-56-64(85-68(73)52-45-38-31-30-34-41-48-61(7)9-2)58-83-87(76,77)81-54-62(69)53-80-86(74,75)82-57-63(55-78-66(71)50-43-36-28-23-19-18-21-26-33-40-47-60(5)6)84-67(72)51-44-37-29-24-17-15-16-20-25-32-39-46-59(3)4/h59-64,69H,8-58H2,1-7H3,(H,74,75)(H,76,77)/t61?,62-,63-,64-/m1/s1. The quantitative estimate of drug-likeness (QED) is 0.0222. The molecule has 0 saturated heterocycles. The minimum atomic E-state index is -4.95. The fourth-order valence-corrected chi connectivity index (χ4v) is 11.7. The van der Waals surface area contributed by atoms with Crippen LogP contribution in [0.2, 0.25) is 0 Å². The molecular formula is C68H132O17P2. The molecule has 19 heteroatoms. The molecule has 0 aliphatic heterocycles. The first kappa shape index (κ1) is 85.1. The molecular weight excluding hydrogens is 1150 g/mol. The van der Waals surface area contributed by atoms with Gasteiger partial charge in [0.15, 0.2) is 12.2 Å². The van der Waals surface area contributed by atoms with Gasteiger partial charge in [-0.3, -0.25) is 37.3 Å². The second-order valence-electron chi connectivity index (χ2n) is 25.8. The van der Waals surface area contributed by atoms with Crippen molar-refractivity contribution < 1.29 is 80.2 Å². The summed E-state index contributed by atoms with van der Waals surface area (Å²) < 4.78 is 68.2. The first-order valence-electron chi connectivity index (χ1n) is 35.4. The van der Waals surface area contributed by atoms with Crippen LogP contribution < -0.4 is 0 Å². The normalized spacial score (nSPS) is 14.6.